The van der Waals surface area contributed by atoms with Gasteiger partial charge < -0.3 is 40.2 Å². The van der Waals surface area contributed by atoms with Gasteiger partial charge in [-0.15, -0.1) is 0 Å². The Bertz CT molecular complexity index is 844. The first-order valence-electron chi connectivity index (χ1n) is 14.2. The molecule has 0 bridgehead atoms. The maximum atomic E-state index is 11.9. The van der Waals surface area contributed by atoms with Gasteiger partial charge in [0.1, 0.15) is 45.3 Å². The molecule has 0 aromatic heterocycles. The van der Waals surface area contributed by atoms with E-state index < -0.39 is 37.2 Å². The lowest BCUT2D eigenvalue weighted by Gasteiger charge is -2.20. The number of amides is 2. The molecule has 0 saturated heterocycles. The molecule has 0 rings (SSSR count). The summed E-state index contributed by atoms with van der Waals surface area (Å²) in [6, 6.07) is 0. The Labute approximate surface area is 254 Å². The Hall–Kier alpha value is -3.05. The van der Waals surface area contributed by atoms with Crippen molar-refractivity contribution in [3.63, 3.8) is 0 Å². The third-order valence-electron chi connectivity index (χ3n) is 4.88. The highest BCUT2D eigenvalue weighted by atomic mass is 17.2. The molecule has 0 unspecified atom stereocenters. The van der Waals surface area contributed by atoms with Crippen LogP contribution in [0.2, 0.25) is 0 Å². The van der Waals surface area contributed by atoms with Crippen LogP contribution in [0.4, 0.5) is 9.59 Å². The quantitative estimate of drug-likeness (QED) is 0.0419. The van der Waals surface area contributed by atoms with E-state index in [4.69, 9.17) is 23.8 Å². The van der Waals surface area contributed by atoms with E-state index in [0.29, 0.717) is 19.7 Å². The number of ether oxygens (including phenoxy) is 4. The second-order valence-electron chi connectivity index (χ2n) is 11.4. The van der Waals surface area contributed by atoms with Crippen LogP contribution < -0.4 is 21.3 Å². The van der Waals surface area contributed by atoms with Gasteiger partial charge in [-0.2, -0.15) is 4.89 Å². The monoisotopic (exact) mass is 621 g/mol. The number of nitrogens with one attached hydrogen (secondary N) is 4. The molecule has 2 amide bonds. The molecule has 250 valence electrons. The molecule has 43 heavy (non-hydrogen) atoms. The van der Waals surface area contributed by atoms with Gasteiger partial charge in [0.05, 0.1) is 19.8 Å². The van der Waals surface area contributed by atoms with Gasteiger partial charge in [-0.05, 0) is 48.5 Å². The van der Waals surface area contributed by atoms with E-state index in [1.807, 2.05) is 41.5 Å². The fraction of sp³-hybridized carbons (Fsp3) is 0.815. The van der Waals surface area contributed by atoms with Crippen molar-refractivity contribution in [2.75, 3.05) is 85.5 Å². The van der Waals surface area contributed by atoms with Crippen LogP contribution in [-0.4, -0.2) is 131 Å². The fourth-order valence-corrected chi connectivity index (χ4v) is 2.99. The maximum Gasteiger partial charge on any atom is 0.439 e. The molecule has 0 spiro atoms. The summed E-state index contributed by atoms with van der Waals surface area (Å²) in [5.41, 5.74) is -0.109. The van der Waals surface area contributed by atoms with Crippen molar-refractivity contribution in [1.29, 1.82) is 0 Å². The van der Waals surface area contributed by atoms with E-state index in [-0.39, 0.29) is 69.5 Å². The zero-order chi connectivity index (χ0) is 32.7. The number of rotatable bonds is 22. The van der Waals surface area contributed by atoms with Crippen LogP contribution >= 0.6 is 0 Å². The molecular weight excluding hydrogens is 570 g/mol. The lowest BCUT2D eigenvalue weighted by molar-refractivity contribution is -0.237. The second kappa shape index (κ2) is 22.5. The number of nitrogens with zero attached hydrogens (tertiary/aromatic N) is 1. The van der Waals surface area contributed by atoms with Crippen molar-refractivity contribution in [2.24, 2.45) is 0 Å². The molecule has 0 aromatic carbocycles. The van der Waals surface area contributed by atoms with Gasteiger partial charge in [-0.25, -0.2) is 9.59 Å². The van der Waals surface area contributed by atoms with Crippen molar-refractivity contribution in [1.82, 2.24) is 26.2 Å². The molecule has 0 saturated carbocycles. The van der Waals surface area contributed by atoms with E-state index >= 15 is 0 Å². The standard InChI is InChI=1S/C27H51N5O11/c1-21(33)20-32(11-15-40-23(35)19-29-25(37)43-42-13-9-31-27(5,6)7)10-14-39-22(34)18-28-24(36)41-17-16-38-12-8-30-26(2,3)4/h30-31H,8-20H2,1-7H3,(H,28,36)(H,29,37). The normalized spacial score (nSPS) is 11.5. The Kier molecular flexibility index (Phi) is 20.9. The molecule has 16 heteroatoms. The molecule has 0 radical (unpaired) electrons. The summed E-state index contributed by atoms with van der Waals surface area (Å²) >= 11 is 0. The largest absolute Gasteiger partial charge is 0.463 e. The average Bonchev–Trinajstić information content (AvgIpc) is 2.88. The highest BCUT2D eigenvalue weighted by Crippen LogP contribution is 1.98. The maximum absolute atomic E-state index is 11.9. The summed E-state index contributed by atoms with van der Waals surface area (Å²) in [6.07, 6.45) is -1.72. The summed E-state index contributed by atoms with van der Waals surface area (Å²) in [5.74, 6) is -1.55. The second-order valence-corrected chi connectivity index (χ2v) is 11.4. The molecule has 16 nitrogen and oxygen atoms in total. The highest BCUT2D eigenvalue weighted by Gasteiger charge is 2.14. The molecule has 0 aliphatic rings. The van der Waals surface area contributed by atoms with Gasteiger partial charge in [0.15, 0.2) is 0 Å². The summed E-state index contributed by atoms with van der Waals surface area (Å²) in [4.78, 5) is 69.5. The zero-order valence-electron chi connectivity index (χ0n) is 26.6. The van der Waals surface area contributed by atoms with E-state index in [1.165, 1.54) is 6.92 Å². The molecule has 0 aromatic rings. The van der Waals surface area contributed by atoms with Crippen molar-refractivity contribution in [3.05, 3.63) is 0 Å². The molecule has 0 fully saturated rings. The summed E-state index contributed by atoms with van der Waals surface area (Å²) < 4.78 is 20.4. The van der Waals surface area contributed by atoms with Crippen LogP contribution in [-0.2, 0) is 43.1 Å². The number of esters is 2. The number of hydrogen-bond acceptors (Lipinski definition) is 14. The molecule has 0 aliphatic heterocycles. The summed E-state index contributed by atoms with van der Waals surface area (Å²) in [7, 11) is 0. The van der Waals surface area contributed by atoms with Gasteiger partial charge >= 0.3 is 24.1 Å². The minimum atomic E-state index is -0.940. The number of ketones is 1. The van der Waals surface area contributed by atoms with Gasteiger partial charge in [-0.3, -0.25) is 24.2 Å². The van der Waals surface area contributed by atoms with E-state index in [9.17, 15) is 24.0 Å². The van der Waals surface area contributed by atoms with Crippen molar-refractivity contribution in [3.8, 4) is 0 Å². The first-order chi connectivity index (χ1) is 20.1. The van der Waals surface area contributed by atoms with Crippen LogP contribution in [0.15, 0.2) is 0 Å². The Balaban J connectivity index is 4.03. The van der Waals surface area contributed by atoms with Crippen LogP contribution in [0.5, 0.6) is 0 Å². The van der Waals surface area contributed by atoms with Crippen molar-refractivity contribution in [2.45, 2.75) is 59.5 Å². The van der Waals surface area contributed by atoms with E-state index in [2.05, 4.69) is 26.2 Å². The number of hydrogen-bond donors (Lipinski definition) is 4. The molecular formula is C27H51N5O11. The Morgan fingerprint density at radius 1 is 0.628 bits per heavy atom. The average molecular weight is 622 g/mol. The van der Waals surface area contributed by atoms with Crippen LogP contribution in [0.25, 0.3) is 0 Å². The van der Waals surface area contributed by atoms with Crippen LogP contribution in [0.3, 0.4) is 0 Å². The topological polar surface area (TPSA) is 192 Å². The third kappa shape index (κ3) is 28.8. The van der Waals surface area contributed by atoms with E-state index in [1.54, 1.807) is 4.90 Å². The van der Waals surface area contributed by atoms with Gasteiger partial charge in [0.2, 0.25) is 0 Å². The number of carbonyl (C=O) groups excluding carboxylic acids is 5. The summed E-state index contributed by atoms with van der Waals surface area (Å²) in [5, 5.41) is 10.9. The minimum absolute atomic E-state index is 0.00670. The van der Waals surface area contributed by atoms with Gasteiger partial charge in [0.25, 0.3) is 0 Å². The van der Waals surface area contributed by atoms with Crippen molar-refractivity contribution < 1.29 is 52.7 Å². The lowest BCUT2D eigenvalue weighted by Crippen LogP contribution is -2.38. The van der Waals surface area contributed by atoms with Gasteiger partial charge in [0, 0.05) is 37.3 Å². The zero-order valence-corrected chi connectivity index (χ0v) is 26.6. The number of carbonyl (C=O) groups is 5. The SMILES string of the molecule is CC(=O)CN(CCOC(=O)CNC(=O)OCCOCCNC(C)(C)C)CCOC(=O)CNC(=O)OOCCNC(C)(C)C. The first kappa shape index (κ1) is 40.0. The Morgan fingerprint density at radius 2 is 1.14 bits per heavy atom. The smallest absolute Gasteiger partial charge is 0.439 e. The van der Waals surface area contributed by atoms with Crippen LogP contribution in [0.1, 0.15) is 48.5 Å². The predicted molar refractivity (Wildman–Crippen MR) is 155 cm³/mol. The first-order valence-corrected chi connectivity index (χ1v) is 14.2. The third-order valence-corrected chi connectivity index (χ3v) is 4.88. The van der Waals surface area contributed by atoms with Crippen molar-refractivity contribution >= 4 is 29.9 Å². The molecule has 4 N–H and O–H groups in total. The highest BCUT2D eigenvalue weighted by molar-refractivity contribution is 5.78. The van der Waals surface area contributed by atoms with Gasteiger partial charge in [-0.1, -0.05) is 0 Å². The van der Waals surface area contributed by atoms with Crippen LogP contribution in [0, 0.1) is 0 Å². The Morgan fingerprint density at radius 3 is 1.65 bits per heavy atom. The number of Topliss-reactive ketones (excluding diaryl/α,β-unsaturated/α-hetero) is 1. The molecule has 0 atom stereocenters. The lowest BCUT2D eigenvalue weighted by atomic mass is 10.1. The van der Waals surface area contributed by atoms with E-state index in [0.717, 1.165) is 0 Å². The minimum Gasteiger partial charge on any atom is -0.463 e. The summed E-state index contributed by atoms with van der Waals surface area (Å²) in [6.45, 7) is 14.9. The molecule has 0 aliphatic carbocycles. The molecule has 0 heterocycles. The number of alkyl carbamates (subject to hydrolysis) is 1. The fourth-order valence-electron chi connectivity index (χ4n) is 2.99. The predicted octanol–water partition coefficient (Wildman–Crippen LogP) is 0.141.